The van der Waals surface area contributed by atoms with Crippen molar-refractivity contribution in [2.45, 2.75) is 20.1 Å². The highest BCUT2D eigenvalue weighted by molar-refractivity contribution is 7.15. The molecule has 3 nitrogen and oxygen atoms in total. The highest BCUT2D eigenvalue weighted by atomic mass is 32.1. The lowest BCUT2D eigenvalue weighted by Crippen LogP contribution is -1.99. The number of aryl methyl sites for hydroxylation is 1. The Morgan fingerprint density at radius 3 is 2.83 bits per heavy atom. The van der Waals surface area contributed by atoms with Gasteiger partial charge in [0.15, 0.2) is 0 Å². The lowest BCUT2D eigenvalue weighted by atomic mass is 10.1. The minimum atomic E-state index is -0.253. The summed E-state index contributed by atoms with van der Waals surface area (Å²) in [5.41, 5.74) is 7.86. The van der Waals surface area contributed by atoms with E-state index in [4.69, 9.17) is 10.5 Å². The monoisotopic (exact) mass is 266 g/mol. The van der Waals surface area contributed by atoms with Gasteiger partial charge in [-0.2, -0.15) is 0 Å². The minimum absolute atomic E-state index is 0.253. The Labute approximate surface area is 109 Å². The number of methoxy groups -OCH3 is 1. The van der Waals surface area contributed by atoms with Crippen LogP contribution in [0.5, 0.6) is 0 Å². The molecule has 2 N–H and O–H groups in total. The van der Waals surface area contributed by atoms with E-state index in [2.05, 4.69) is 4.98 Å². The first kappa shape index (κ1) is 13.1. The van der Waals surface area contributed by atoms with Crippen molar-refractivity contribution < 1.29 is 9.13 Å². The van der Waals surface area contributed by atoms with Gasteiger partial charge in [-0.15, -0.1) is 11.3 Å². The van der Waals surface area contributed by atoms with Gasteiger partial charge in [-0.25, -0.2) is 9.37 Å². The van der Waals surface area contributed by atoms with Gasteiger partial charge in [0.05, 0.1) is 12.3 Å². The van der Waals surface area contributed by atoms with Crippen molar-refractivity contribution in [3.05, 3.63) is 40.2 Å². The zero-order valence-corrected chi connectivity index (χ0v) is 11.2. The first-order valence-electron chi connectivity index (χ1n) is 5.59. The van der Waals surface area contributed by atoms with Gasteiger partial charge in [0.25, 0.3) is 0 Å². The van der Waals surface area contributed by atoms with Crippen LogP contribution >= 0.6 is 11.3 Å². The number of halogens is 1. The first-order chi connectivity index (χ1) is 8.65. The van der Waals surface area contributed by atoms with Crippen LogP contribution in [0.2, 0.25) is 0 Å². The molecule has 0 amide bonds. The molecule has 0 bridgehead atoms. The van der Waals surface area contributed by atoms with Crippen molar-refractivity contribution in [3.63, 3.8) is 0 Å². The lowest BCUT2D eigenvalue weighted by molar-refractivity contribution is 0.181. The number of nitrogens with two attached hydrogens (primary N) is 1. The highest BCUT2D eigenvalue weighted by Crippen LogP contribution is 2.30. The molecule has 0 fully saturated rings. The molecule has 2 aromatic rings. The van der Waals surface area contributed by atoms with Crippen LogP contribution in [0.15, 0.2) is 18.2 Å². The first-order valence-corrected chi connectivity index (χ1v) is 6.41. The summed E-state index contributed by atoms with van der Waals surface area (Å²) < 4.78 is 18.9. The summed E-state index contributed by atoms with van der Waals surface area (Å²) in [4.78, 5) is 5.34. The minimum Gasteiger partial charge on any atom is -0.378 e. The van der Waals surface area contributed by atoms with Gasteiger partial charge in [0.2, 0.25) is 0 Å². The van der Waals surface area contributed by atoms with Gasteiger partial charge in [0.1, 0.15) is 10.8 Å². The zero-order valence-electron chi connectivity index (χ0n) is 10.4. The number of benzene rings is 1. The molecule has 2 rings (SSSR count). The molecule has 0 unspecified atom stereocenters. The predicted molar refractivity (Wildman–Crippen MR) is 70.8 cm³/mol. The number of hydrogen-bond acceptors (Lipinski definition) is 4. The number of ether oxygens (including phenoxy) is 1. The van der Waals surface area contributed by atoms with Gasteiger partial charge in [-0.3, -0.25) is 0 Å². The van der Waals surface area contributed by atoms with Crippen LogP contribution in [-0.4, -0.2) is 12.1 Å². The van der Waals surface area contributed by atoms with Crippen LogP contribution in [-0.2, 0) is 17.9 Å². The Morgan fingerprint density at radius 2 is 2.22 bits per heavy atom. The number of nitrogens with zero attached hydrogens (tertiary/aromatic N) is 1. The number of thiazole rings is 1. The molecule has 0 spiro atoms. The molecular formula is C13H15FN2OS. The molecule has 0 radical (unpaired) electrons. The van der Waals surface area contributed by atoms with E-state index >= 15 is 0 Å². The van der Waals surface area contributed by atoms with E-state index in [1.54, 1.807) is 13.2 Å². The Bertz CT molecular complexity index is 554. The van der Waals surface area contributed by atoms with Crippen LogP contribution in [0.1, 0.15) is 16.1 Å². The average molecular weight is 266 g/mol. The smallest absolute Gasteiger partial charge is 0.133 e. The summed E-state index contributed by atoms with van der Waals surface area (Å²) in [5.74, 6) is -0.253. The maximum absolute atomic E-state index is 13.9. The molecule has 0 saturated heterocycles. The molecule has 1 heterocycles. The van der Waals surface area contributed by atoms with E-state index in [0.717, 1.165) is 16.1 Å². The SMILES string of the molecule is COCc1nc(-c2ccc(C)cc2F)sc1CN. The maximum Gasteiger partial charge on any atom is 0.133 e. The largest absolute Gasteiger partial charge is 0.378 e. The number of aromatic nitrogens is 1. The molecule has 18 heavy (non-hydrogen) atoms. The maximum atomic E-state index is 13.9. The van der Waals surface area contributed by atoms with Crippen LogP contribution in [0.3, 0.4) is 0 Å². The van der Waals surface area contributed by atoms with E-state index in [1.165, 1.54) is 17.4 Å². The van der Waals surface area contributed by atoms with E-state index < -0.39 is 0 Å². The van der Waals surface area contributed by atoms with Gasteiger partial charge in [0, 0.05) is 24.1 Å². The van der Waals surface area contributed by atoms with Gasteiger partial charge in [-0.05, 0) is 24.6 Å². The normalized spacial score (nSPS) is 10.9. The van der Waals surface area contributed by atoms with E-state index in [-0.39, 0.29) is 5.82 Å². The molecule has 0 saturated carbocycles. The molecule has 0 aliphatic carbocycles. The quantitative estimate of drug-likeness (QED) is 0.925. The van der Waals surface area contributed by atoms with E-state index in [1.807, 2.05) is 13.0 Å². The summed E-state index contributed by atoms with van der Waals surface area (Å²) in [6.45, 7) is 2.65. The zero-order chi connectivity index (χ0) is 13.1. The van der Waals surface area contributed by atoms with E-state index in [9.17, 15) is 4.39 Å². The molecule has 0 aliphatic heterocycles. The summed E-state index contributed by atoms with van der Waals surface area (Å²) in [6, 6.07) is 5.13. The van der Waals surface area contributed by atoms with Crippen molar-refractivity contribution in [2.75, 3.05) is 7.11 Å². The Kier molecular flexibility index (Phi) is 4.06. The van der Waals surface area contributed by atoms with E-state index in [0.29, 0.717) is 23.7 Å². The van der Waals surface area contributed by atoms with Crippen LogP contribution in [0.4, 0.5) is 4.39 Å². The van der Waals surface area contributed by atoms with Crippen molar-refractivity contribution >= 4 is 11.3 Å². The molecule has 0 aliphatic rings. The fourth-order valence-corrected chi connectivity index (χ4v) is 2.67. The predicted octanol–water partition coefficient (Wildman–Crippen LogP) is 2.86. The Morgan fingerprint density at radius 1 is 1.44 bits per heavy atom. The topological polar surface area (TPSA) is 48.1 Å². The fourth-order valence-electron chi connectivity index (χ4n) is 1.70. The third-order valence-electron chi connectivity index (χ3n) is 2.60. The van der Waals surface area contributed by atoms with Crippen LogP contribution in [0.25, 0.3) is 10.6 Å². The summed E-state index contributed by atoms with van der Waals surface area (Å²) in [7, 11) is 1.60. The molecule has 1 aromatic heterocycles. The Hall–Kier alpha value is -1.30. The number of hydrogen-bond donors (Lipinski definition) is 1. The third-order valence-corrected chi connectivity index (χ3v) is 3.75. The second kappa shape index (κ2) is 5.56. The summed E-state index contributed by atoms with van der Waals surface area (Å²) in [6.07, 6.45) is 0. The van der Waals surface area contributed by atoms with Gasteiger partial charge in [-0.1, -0.05) is 6.07 Å². The second-order valence-electron chi connectivity index (χ2n) is 4.01. The standard InChI is InChI=1S/C13H15FN2OS/c1-8-3-4-9(10(14)5-8)13-16-11(7-17-2)12(6-15)18-13/h3-5H,6-7,15H2,1-2H3. The van der Waals surface area contributed by atoms with Crippen molar-refractivity contribution in [3.8, 4) is 10.6 Å². The molecule has 5 heteroatoms. The average Bonchev–Trinajstić information content (AvgIpc) is 2.72. The molecule has 1 aromatic carbocycles. The molecular weight excluding hydrogens is 251 g/mol. The highest BCUT2D eigenvalue weighted by Gasteiger charge is 2.14. The molecule has 0 atom stereocenters. The molecule has 96 valence electrons. The summed E-state index contributed by atoms with van der Waals surface area (Å²) in [5, 5.41) is 0.653. The van der Waals surface area contributed by atoms with Gasteiger partial charge >= 0.3 is 0 Å². The van der Waals surface area contributed by atoms with Crippen molar-refractivity contribution in [1.82, 2.24) is 4.98 Å². The number of rotatable bonds is 4. The third kappa shape index (κ3) is 2.58. The lowest BCUT2D eigenvalue weighted by Gasteiger charge is -2.00. The van der Waals surface area contributed by atoms with Crippen molar-refractivity contribution in [2.24, 2.45) is 5.73 Å². The second-order valence-corrected chi connectivity index (χ2v) is 5.09. The van der Waals surface area contributed by atoms with Crippen LogP contribution in [0, 0.1) is 12.7 Å². The van der Waals surface area contributed by atoms with Crippen molar-refractivity contribution in [1.29, 1.82) is 0 Å². The van der Waals surface area contributed by atoms with Crippen LogP contribution < -0.4 is 5.73 Å². The fraction of sp³-hybridized carbons (Fsp3) is 0.308. The van der Waals surface area contributed by atoms with Gasteiger partial charge < -0.3 is 10.5 Å². The Balaban J connectivity index is 2.44. The summed E-state index contributed by atoms with van der Waals surface area (Å²) >= 11 is 1.42.